The van der Waals surface area contributed by atoms with Gasteiger partial charge < -0.3 is 11.1 Å². The zero-order chi connectivity index (χ0) is 12.8. The first kappa shape index (κ1) is 13.9. The quantitative estimate of drug-likeness (QED) is 0.770. The summed E-state index contributed by atoms with van der Waals surface area (Å²) in [4.78, 5) is 10.5. The van der Waals surface area contributed by atoms with E-state index in [2.05, 4.69) is 5.32 Å². The highest BCUT2D eigenvalue weighted by atomic mass is 35.5. The molecule has 0 spiro atoms. The first-order valence-electron chi connectivity index (χ1n) is 5.47. The van der Waals surface area contributed by atoms with E-state index in [1.807, 2.05) is 6.92 Å². The van der Waals surface area contributed by atoms with Crippen LogP contribution < -0.4 is 11.1 Å². The molecule has 3 nitrogen and oxygen atoms in total. The molecule has 3 N–H and O–H groups in total. The van der Waals surface area contributed by atoms with E-state index in [1.165, 1.54) is 12.1 Å². The molecule has 0 aliphatic heterocycles. The minimum absolute atomic E-state index is 0.0102. The Bertz CT molecular complexity index is 398. The highest BCUT2D eigenvalue weighted by Crippen LogP contribution is 2.23. The number of amides is 1. The van der Waals surface area contributed by atoms with Gasteiger partial charge in [-0.05, 0) is 37.6 Å². The summed E-state index contributed by atoms with van der Waals surface area (Å²) in [5, 5.41) is 3.60. The molecule has 1 aromatic carbocycles. The Balaban J connectivity index is 2.46. The minimum Gasteiger partial charge on any atom is -0.370 e. The monoisotopic (exact) mass is 258 g/mol. The summed E-state index contributed by atoms with van der Waals surface area (Å²) in [5.74, 6) is -0.654. The molecule has 1 rings (SSSR count). The third-order valence-electron chi connectivity index (χ3n) is 2.48. The molecule has 1 aromatic rings. The summed E-state index contributed by atoms with van der Waals surface area (Å²) < 4.78 is 12.9. The van der Waals surface area contributed by atoms with E-state index in [0.717, 1.165) is 5.56 Å². The lowest BCUT2D eigenvalue weighted by Crippen LogP contribution is -2.22. The first-order valence-corrected chi connectivity index (χ1v) is 5.85. The van der Waals surface area contributed by atoms with Gasteiger partial charge >= 0.3 is 0 Å². The number of carbonyl (C=O) groups excluding carboxylic acids is 1. The van der Waals surface area contributed by atoms with Crippen molar-refractivity contribution in [1.29, 1.82) is 0 Å². The van der Waals surface area contributed by atoms with Gasteiger partial charge in [0.05, 0.1) is 0 Å². The van der Waals surface area contributed by atoms with Gasteiger partial charge in [-0.1, -0.05) is 17.7 Å². The maximum Gasteiger partial charge on any atom is 0.217 e. The number of benzene rings is 1. The van der Waals surface area contributed by atoms with E-state index in [9.17, 15) is 9.18 Å². The third kappa shape index (κ3) is 4.71. The van der Waals surface area contributed by atoms with Crippen LogP contribution in [0, 0.1) is 5.82 Å². The maximum absolute atomic E-state index is 12.9. The van der Waals surface area contributed by atoms with Crippen LogP contribution in [0.15, 0.2) is 18.2 Å². The van der Waals surface area contributed by atoms with Crippen LogP contribution in [0.2, 0.25) is 5.02 Å². The van der Waals surface area contributed by atoms with Gasteiger partial charge in [0.25, 0.3) is 0 Å². The average Bonchev–Trinajstić information content (AvgIpc) is 2.23. The summed E-state index contributed by atoms with van der Waals surface area (Å²) in [6, 6.07) is 4.33. The third-order valence-corrected chi connectivity index (χ3v) is 2.81. The van der Waals surface area contributed by atoms with Crippen LogP contribution in [-0.4, -0.2) is 12.5 Å². The molecule has 1 unspecified atom stereocenters. The molecule has 0 heterocycles. The molecule has 17 heavy (non-hydrogen) atoms. The van der Waals surface area contributed by atoms with Gasteiger partial charge in [0, 0.05) is 17.5 Å². The smallest absolute Gasteiger partial charge is 0.217 e. The molecular weight excluding hydrogens is 243 g/mol. The summed E-state index contributed by atoms with van der Waals surface area (Å²) in [6.45, 7) is 2.60. The largest absolute Gasteiger partial charge is 0.370 e. The normalized spacial score (nSPS) is 12.4. The van der Waals surface area contributed by atoms with Crippen molar-refractivity contribution in [3.8, 4) is 0 Å². The molecule has 5 heteroatoms. The number of rotatable bonds is 6. The van der Waals surface area contributed by atoms with Gasteiger partial charge in [0.2, 0.25) is 5.91 Å². The fourth-order valence-corrected chi connectivity index (χ4v) is 1.87. The number of hydrogen-bond acceptors (Lipinski definition) is 2. The molecule has 0 aliphatic rings. The Labute approximate surface area is 105 Å². The van der Waals surface area contributed by atoms with Crippen molar-refractivity contribution >= 4 is 17.5 Å². The van der Waals surface area contributed by atoms with Crippen molar-refractivity contribution in [1.82, 2.24) is 5.32 Å². The summed E-state index contributed by atoms with van der Waals surface area (Å²) in [6.07, 6.45) is 1.04. The summed E-state index contributed by atoms with van der Waals surface area (Å²) in [5.41, 5.74) is 5.87. The standard InChI is InChI=1S/C12H16ClFN2O/c1-8(16-6-2-3-12(15)17)10-5-4-9(14)7-11(10)13/h4-5,7-8,16H,2-3,6H2,1H3,(H2,15,17). The van der Waals surface area contributed by atoms with Gasteiger partial charge in [-0.25, -0.2) is 4.39 Å². The Morgan fingerprint density at radius 2 is 2.29 bits per heavy atom. The summed E-state index contributed by atoms with van der Waals surface area (Å²) in [7, 11) is 0. The summed E-state index contributed by atoms with van der Waals surface area (Å²) >= 11 is 5.93. The molecule has 0 saturated heterocycles. The van der Waals surface area contributed by atoms with Gasteiger partial charge in [0.1, 0.15) is 5.82 Å². The Hall–Kier alpha value is -1.13. The predicted molar refractivity (Wildman–Crippen MR) is 66.3 cm³/mol. The first-order chi connectivity index (χ1) is 8.00. The minimum atomic E-state index is -0.348. The van der Waals surface area contributed by atoms with Crippen molar-refractivity contribution in [2.45, 2.75) is 25.8 Å². The van der Waals surface area contributed by atoms with Crippen LogP contribution in [0.3, 0.4) is 0 Å². The van der Waals surface area contributed by atoms with Crippen LogP contribution in [0.5, 0.6) is 0 Å². The van der Waals surface area contributed by atoms with Gasteiger partial charge in [0.15, 0.2) is 0 Å². The molecule has 0 aromatic heterocycles. The van der Waals surface area contributed by atoms with Crippen molar-refractivity contribution in [2.75, 3.05) is 6.54 Å². The van der Waals surface area contributed by atoms with E-state index in [4.69, 9.17) is 17.3 Å². The van der Waals surface area contributed by atoms with Crippen molar-refractivity contribution in [2.24, 2.45) is 5.73 Å². The molecule has 0 saturated carbocycles. The second-order valence-electron chi connectivity index (χ2n) is 3.91. The fourth-order valence-electron chi connectivity index (χ4n) is 1.54. The number of nitrogens with one attached hydrogen (secondary N) is 1. The van der Waals surface area contributed by atoms with Crippen LogP contribution >= 0.6 is 11.6 Å². The Morgan fingerprint density at radius 3 is 2.88 bits per heavy atom. The number of halogens is 2. The van der Waals surface area contributed by atoms with E-state index in [0.29, 0.717) is 24.4 Å². The van der Waals surface area contributed by atoms with Crippen LogP contribution in [0.4, 0.5) is 4.39 Å². The molecule has 0 aliphatic carbocycles. The van der Waals surface area contributed by atoms with Gasteiger partial charge in [-0.15, -0.1) is 0 Å². The van der Waals surface area contributed by atoms with Crippen LogP contribution in [0.1, 0.15) is 31.4 Å². The number of nitrogens with two attached hydrogens (primary N) is 1. The zero-order valence-corrected chi connectivity index (χ0v) is 10.4. The van der Waals surface area contributed by atoms with E-state index >= 15 is 0 Å². The van der Waals surface area contributed by atoms with Gasteiger partial charge in [-0.2, -0.15) is 0 Å². The molecular formula is C12H16ClFN2O. The number of primary amides is 1. The number of hydrogen-bond donors (Lipinski definition) is 2. The van der Waals surface area contributed by atoms with Crippen molar-refractivity contribution in [3.05, 3.63) is 34.6 Å². The second kappa shape index (κ2) is 6.57. The average molecular weight is 259 g/mol. The lowest BCUT2D eigenvalue weighted by molar-refractivity contribution is -0.118. The maximum atomic E-state index is 12.9. The lowest BCUT2D eigenvalue weighted by atomic mass is 10.1. The van der Waals surface area contributed by atoms with Crippen LogP contribution in [0.25, 0.3) is 0 Å². The molecule has 1 amide bonds. The molecule has 0 bridgehead atoms. The predicted octanol–water partition coefficient (Wildman–Crippen LogP) is 2.40. The topological polar surface area (TPSA) is 55.1 Å². The molecule has 0 fully saturated rings. The highest BCUT2D eigenvalue weighted by molar-refractivity contribution is 6.31. The lowest BCUT2D eigenvalue weighted by Gasteiger charge is -2.15. The molecule has 0 radical (unpaired) electrons. The zero-order valence-electron chi connectivity index (χ0n) is 9.67. The Kier molecular flexibility index (Phi) is 5.38. The number of carbonyl (C=O) groups is 1. The molecule has 94 valence electrons. The van der Waals surface area contributed by atoms with E-state index in [-0.39, 0.29) is 17.8 Å². The second-order valence-corrected chi connectivity index (χ2v) is 4.32. The SMILES string of the molecule is CC(NCCCC(N)=O)c1ccc(F)cc1Cl. The van der Waals surface area contributed by atoms with E-state index in [1.54, 1.807) is 6.07 Å². The van der Waals surface area contributed by atoms with Crippen molar-refractivity contribution in [3.63, 3.8) is 0 Å². The van der Waals surface area contributed by atoms with Crippen molar-refractivity contribution < 1.29 is 9.18 Å². The fraction of sp³-hybridized carbons (Fsp3) is 0.417. The van der Waals surface area contributed by atoms with E-state index < -0.39 is 0 Å². The van der Waals surface area contributed by atoms with Gasteiger partial charge in [-0.3, -0.25) is 4.79 Å². The molecule has 1 atom stereocenters. The Morgan fingerprint density at radius 1 is 1.59 bits per heavy atom. The highest BCUT2D eigenvalue weighted by Gasteiger charge is 2.09. The van der Waals surface area contributed by atoms with Crippen LogP contribution in [-0.2, 0) is 4.79 Å².